The Bertz CT molecular complexity index is 361. The Morgan fingerprint density at radius 3 is 2.85 bits per heavy atom. The minimum Gasteiger partial charge on any atom is -0.478 e. The molecule has 0 amide bonds. The first-order chi connectivity index (χ1) is 6.09. The molecule has 0 heterocycles. The highest BCUT2D eigenvalue weighted by Crippen LogP contribution is 2.13. The minimum absolute atomic E-state index is 0.286. The van der Waals surface area contributed by atoms with E-state index in [1.807, 2.05) is 22.6 Å². The van der Waals surface area contributed by atoms with Gasteiger partial charge in [-0.05, 0) is 46.9 Å². The predicted octanol–water partition coefficient (Wildman–Crippen LogP) is 2.53. The molecule has 0 aliphatic carbocycles. The van der Waals surface area contributed by atoms with E-state index in [2.05, 4.69) is 0 Å². The normalized spacial score (nSPS) is 10.6. The molecule has 0 spiro atoms. The minimum atomic E-state index is -1.08. The molecule has 0 fully saturated rings. The smallest absolute Gasteiger partial charge is 0.328 e. The van der Waals surface area contributed by atoms with Gasteiger partial charge in [0, 0.05) is 15.2 Å². The van der Waals surface area contributed by atoms with E-state index in [-0.39, 0.29) is 5.56 Å². The maximum Gasteiger partial charge on any atom is 0.328 e. The van der Waals surface area contributed by atoms with Gasteiger partial charge in [-0.15, -0.1) is 0 Å². The average Bonchev–Trinajstić information content (AvgIpc) is 2.06. The quantitative estimate of drug-likeness (QED) is 0.672. The maximum atomic E-state index is 13.0. The molecule has 1 aromatic carbocycles. The highest BCUT2D eigenvalue weighted by Gasteiger charge is 1.99. The van der Waals surface area contributed by atoms with Crippen molar-refractivity contribution in [1.82, 2.24) is 0 Å². The highest BCUT2D eigenvalue weighted by molar-refractivity contribution is 14.1. The average molecular weight is 292 g/mol. The fourth-order valence-electron chi connectivity index (χ4n) is 0.803. The maximum absolute atomic E-state index is 13.0. The number of rotatable bonds is 2. The van der Waals surface area contributed by atoms with E-state index in [0.29, 0.717) is 0 Å². The van der Waals surface area contributed by atoms with E-state index < -0.39 is 11.8 Å². The van der Waals surface area contributed by atoms with Gasteiger partial charge in [-0.1, -0.05) is 0 Å². The largest absolute Gasteiger partial charge is 0.478 e. The molecule has 4 heteroatoms. The molecule has 1 rings (SSSR count). The zero-order valence-corrected chi connectivity index (χ0v) is 8.66. The Kier molecular flexibility index (Phi) is 3.41. The first kappa shape index (κ1) is 10.2. The summed E-state index contributed by atoms with van der Waals surface area (Å²) in [5.74, 6) is -1.50. The number of aliphatic carboxylic acids is 1. The topological polar surface area (TPSA) is 37.3 Å². The van der Waals surface area contributed by atoms with Crippen molar-refractivity contribution in [3.8, 4) is 0 Å². The number of carbonyl (C=O) groups is 1. The molecule has 2 nitrogen and oxygen atoms in total. The second-order valence-electron chi connectivity index (χ2n) is 2.34. The number of halogens is 2. The lowest BCUT2D eigenvalue weighted by Crippen LogP contribution is -1.88. The third-order valence-corrected chi connectivity index (χ3v) is 2.03. The third kappa shape index (κ3) is 3.14. The molecule has 0 aromatic heterocycles. The predicted molar refractivity (Wildman–Crippen MR) is 55.8 cm³/mol. The van der Waals surface area contributed by atoms with E-state index in [4.69, 9.17) is 5.11 Å². The van der Waals surface area contributed by atoms with Crippen molar-refractivity contribution >= 4 is 34.6 Å². The van der Waals surface area contributed by atoms with Gasteiger partial charge >= 0.3 is 5.97 Å². The van der Waals surface area contributed by atoms with Crippen LogP contribution in [0.3, 0.4) is 0 Å². The van der Waals surface area contributed by atoms with E-state index in [0.717, 1.165) is 9.65 Å². The summed E-state index contributed by atoms with van der Waals surface area (Å²) in [4.78, 5) is 10.2. The van der Waals surface area contributed by atoms with Crippen LogP contribution < -0.4 is 0 Å². The van der Waals surface area contributed by atoms with Gasteiger partial charge in [-0.3, -0.25) is 0 Å². The van der Waals surface area contributed by atoms with Gasteiger partial charge in [0.05, 0.1) is 0 Å². The number of hydrogen-bond donors (Lipinski definition) is 1. The monoisotopic (exact) mass is 292 g/mol. The fourth-order valence-corrected chi connectivity index (χ4v) is 1.32. The molecule has 0 aliphatic rings. The van der Waals surface area contributed by atoms with Gasteiger partial charge in [0.2, 0.25) is 0 Å². The molecule has 0 aliphatic heterocycles. The molecule has 13 heavy (non-hydrogen) atoms. The molecule has 0 saturated heterocycles. The van der Waals surface area contributed by atoms with Gasteiger partial charge in [0.1, 0.15) is 5.82 Å². The number of hydrogen-bond acceptors (Lipinski definition) is 1. The molecule has 1 N–H and O–H groups in total. The zero-order valence-electron chi connectivity index (χ0n) is 6.50. The Hall–Kier alpha value is -0.910. The third-order valence-electron chi connectivity index (χ3n) is 1.36. The molecule has 1 aromatic rings. The zero-order chi connectivity index (χ0) is 9.84. The van der Waals surface area contributed by atoms with Crippen LogP contribution in [0.1, 0.15) is 5.56 Å². The SMILES string of the molecule is O=C(O)/C=C/c1cc(I)ccc1F. The Labute approximate surface area is 88.2 Å². The first-order valence-electron chi connectivity index (χ1n) is 3.45. The van der Waals surface area contributed by atoms with Crippen LogP contribution in [0.4, 0.5) is 4.39 Å². The van der Waals surface area contributed by atoms with Gasteiger partial charge in [-0.2, -0.15) is 0 Å². The van der Waals surface area contributed by atoms with Crippen LogP contribution in [0.2, 0.25) is 0 Å². The number of carboxylic acid groups (broad SMARTS) is 1. The lowest BCUT2D eigenvalue weighted by molar-refractivity contribution is -0.131. The van der Waals surface area contributed by atoms with Crippen LogP contribution in [-0.4, -0.2) is 11.1 Å². The van der Waals surface area contributed by atoms with Crippen molar-refractivity contribution in [1.29, 1.82) is 0 Å². The summed E-state index contributed by atoms with van der Waals surface area (Å²) in [6, 6.07) is 4.51. The number of benzene rings is 1. The van der Waals surface area contributed by atoms with Crippen LogP contribution in [-0.2, 0) is 4.79 Å². The van der Waals surface area contributed by atoms with E-state index in [1.54, 1.807) is 12.1 Å². The van der Waals surface area contributed by atoms with Crippen LogP contribution in [0.25, 0.3) is 6.08 Å². The van der Waals surface area contributed by atoms with Gasteiger partial charge in [-0.25, -0.2) is 9.18 Å². The molecule has 0 atom stereocenters. The summed E-state index contributed by atoms with van der Waals surface area (Å²) in [7, 11) is 0. The van der Waals surface area contributed by atoms with Crippen molar-refractivity contribution < 1.29 is 14.3 Å². The lowest BCUT2D eigenvalue weighted by Gasteiger charge is -1.96. The molecular formula is C9H6FIO2. The van der Waals surface area contributed by atoms with E-state index in [1.165, 1.54) is 12.1 Å². The molecule has 68 valence electrons. The van der Waals surface area contributed by atoms with Crippen molar-refractivity contribution in [3.63, 3.8) is 0 Å². The van der Waals surface area contributed by atoms with E-state index >= 15 is 0 Å². The Balaban J connectivity index is 3.00. The molecule has 0 unspecified atom stereocenters. The second kappa shape index (κ2) is 4.36. The van der Waals surface area contributed by atoms with Crippen molar-refractivity contribution in [3.05, 3.63) is 39.2 Å². The summed E-state index contributed by atoms with van der Waals surface area (Å²) in [6.45, 7) is 0. The van der Waals surface area contributed by atoms with Crippen LogP contribution in [0.5, 0.6) is 0 Å². The van der Waals surface area contributed by atoms with Crippen LogP contribution in [0, 0.1) is 9.39 Å². The Morgan fingerprint density at radius 2 is 2.23 bits per heavy atom. The van der Waals surface area contributed by atoms with E-state index in [9.17, 15) is 9.18 Å². The van der Waals surface area contributed by atoms with Gasteiger partial charge < -0.3 is 5.11 Å². The molecule has 0 bridgehead atoms. The summed E-state index contributed by atoms with van der Waals surface area (Å²) < 4.78 is 13.8. The summed E-state index contributed by atoms with van der Waals surface area (Å²) in [5.41, 5.74) is 0.286. The standard InChI is InChI=1S/C9H6FIO2/c10-8-3-2-7(11)5-6(8)1-4-9(12)13/h1-5H,(H,12,13)/b4-1+. The van der Waals surface area contributed by atoms with Crippen molar-refractivity contribution in [2.45, 2.75) is 0 Å². The van der Waals surface area contributed by atoms with Crippen molar-refractivity contribution in [2.24, 2.45) is 0 Å². The summed E-state index contributed by atoms with van der Waals surface area (Å²) in [6.07, 6.45) is 2.15. The second-order valence-corrected chi connectivity index (χ2v) is 3.58. The lowest BCUT2D eigenvalue weighted by atomic mass is 10.2. The molecular weight excluding hydrogens is 286 g/mol. The number of carboxylic acids is 1. The molecule has 0 saturated carbocycles. The van der Waals surface area contributed by atoms with Gasteiger partial charge in [0.15, 0.2) is 0 Å². The van der Waals surface area contributed by atoms with Crippen LogP contribution >= 0.6 is 22.6 Å². The van der Waals surface area contributed by atoms with Crippen LogP contribution in [0.15, 0.2) is 24.3 Å². The fraction of sp³-hybridized carbons (Fsp3) is 0. The summed E-state index contributed by atoms with van der Waals surface area (Å²) >= 11 is 2.03. The van der Waals surface area contributed by atoms with Gasteiger partial charge in [0.25, 0.3) is 0 Å². The Morgan fingerprint density at radius 1 is 1.54 bits per heavy atom. The highest BCUT2D eigenvalue weighted by atomic mass is 127. The first-order valence-corrected chi connectivity index (χ1v) is 4.53. The van der Waals surface area contributed by atoms with Crippen molar-refractivity contribution in [2.75, 3.05) is 0 Å². The summed E-state index contributed by atoms with van der Waals surface area (Å²) in [5, 5.41) is 8.32. The molecule has 0 radical (unpaired) electrons.